The zero-order valence-electron chi connectivity index (χ0n) is 24.1. The van der Waals surface area contributed by atoms with Gasteiger partial charge in [-0.1, -0.05) is 17.7 Å². The van der Waals surface area contributed by atoms with Gasteiger partial charge in [-0.3, -0.25) is 14.4 Å². The van der Waals surface area contributed by atoms with E-state index in [2.05, 4.69) is 25.5 Å². The second kappa shape index (κ2) is 13.4. The Labute approximate surface area is 262 Å². The van der Waals surface area contributed by atoms with E-state index in [4.69, 9.17) is 11.6 Å². The van der Waals surface area contributed by atoms with Gasteiger partial charge in [0.2, 0.25) is 5.95 Å². The fraction of sp³-hybridized carbons (Fsp3) is 0.219. The van der Waals surface area contributed by atoms with E-state index in [-0.39, 0.29) is 39.9 Å². The maximum atomic E-state index is 13.1. The molecule has 9 nitrogen and oxygen atoms in total. The zero-order valence-corrected chi connectivity index (χ0v) is 24.8. The van der Waals surface area contributed by atoms with Gasteiger partial charge >= 0.3 is 6.18 Å². The molecule has 4 aromatic rings. The number of ketones is 1. The molecule has 3 aromatic carbocycles. The Balaban J connectivity index is 1.18. The lowest BCUT2D eigenvalue weighted by Gasteiger charge is -2.32. The number of aromatic nitrogens is 2. The lowest BCUT2D eigenvalue weighted by molar-refractivity contribution is -0.137. The maximum absolute atomic E-state index is 13.1. The first-order chi connectivity index (χ1) is 21.5. The molecule has 2 amide bonds. The summed E-state index contributed by atoms with van der Waals surface area (Å²) in [6.07, 6.45) is -1.70. The van der Waals surface area contributed by atoms with Crippen LogP contribution in [0.3, 0.4) is 0 Å². The molecule has 5 rings (SSSR count). The van der Waals surface area contributed by atoms with E-state index < -0.39 is 17.6 Å². The summed E-state index contributed by atoms with van der Waals surface area (Å²) >= 11 is 6.25. The number of piperazine rings is 1. The third-order valence-electron chi connectivity index (χ3n) is 7.23. The van der Waals surface area contributed by atoms with Crippen LogP contribution in [0.25, 0.3) is 0 Å². The highest BCUT2D eigenvalue weighted by atomic mass is 35.5. The molecule has 1 aliphatic rings. The molecule has 1 fully saturated rings. The summed E-state index contributed by atoms with van der Waals surface area (Å²) in [4.78, 5) is 51.0. The Morgan fingerprint density at radius 3 is 2.20 bits per heavy atom. The highest BCUT2D eigenvalue weighted by Crippen LogP contribution is 2.30. The molecule has 1 aromatic heterocycles. The van der Waals surface area contributed by atoms with Crippen LogP contribution in [-0.2, 0) is 12.6 Å². The minimum atomic E-state index is -4.59. The van der Waals surface area contributed by atoms with Crippen LogP contribution in [0.5, 0.6) is 0 Å². The molecule has 0 radical (unpaired) electrons. The maximum Gasteiger partial charge on any atom is 0.416 e. The van der Waals surface area contributed by atoms with Crippen molar-refractivity contribution in [2.24, 2.45) is 0 Å². The Bertz CT molecular complexity index is 1710. The number of likely N-dealkylation sites (N-methyl/N-ethyl adjacent to an activating group) is 1. The van der Waals surface area contributed by atoms with Crippen LogP contribution in [0.4, 0.5) is 30.5 Å². The lowest BCUT2D eigenvalue weighted by Crippen LogP contribution is -2.47. The summed E-state index contributed by atoms with van der Waals surface area (Å²) in [6, 6.07) is 15.3. The number of benzene rings is 3. The third-order valence-corrected chi connectivity index (χ3v) is 7.55. The number of hydrogen-bond donors (Lipinski definition) is 2. The quantitative estimate of drug-likeness (QED) is 0.230. The van der Waals surface area contributed by atoms with Crippen LogP contribution in [0.1, 0.15) is 42.2 Å². The fourth-order valence-electron chi connectivity index (χ4n) is 4.67. The van der Waals surface area contributed by atoms with Gasteiger partial charge in [0, 0.05) is 73.1 Å². The normalized spacial score (nSPS) is 13.8. The Morgan fingerprint density at radius 1 is 0.867 bits per heavy atom. The minimum absolute atomic E-state index is 0.0105. The van der Waals surface area contributed by atoms with Gasteiger partial charge in [0.1, 0.15) is 0 Å². The number of alkyl halides is 3. The van der Waals surface area contributed by atoms with Crippen molar-refractivity contribution >= 4 is 46.5 Å². The van der Waals surface area contributed by atoms with E-state index in [0.29, 0.717) is 35.9 Å². The Hall–Kier alpha value is -4.81. The zero-order chi connectivity index (χ0) is 32.1. The highest BCUT2D eigenvalue weighted by Gasteiger charge is 2.31. The Morgan fingerprint density at radius 2 is 1.53 bits per heavy atom. The topological polar surface area (TPSA) is 108 Å². The summed E-state index contributed by atoms with van der Waals surface area (Å²) in [5.74, 6) is -0.861. The molecule has 0 aliphatic carbocycles. The van der Waals surface area contributed by atoms with Crippen LogP contribution in [0.15, 0.2) is 79.1 Å². The number of amides is 2. The van der Waals surface area contributed by atoms with Gasteiger partial charge in [-0.2, -0.15) is 13.2 Å². The van der Waals surface area contributed by atoms with Gasteiger partial charge in [-0.15, -0.1) is 0 Å². The van der Waals surface area contributed by atoms with Crippen molar-refractivity contribution in [2.75, 3.05) is 43.9 Å². The molecule has 45 heavy (non-hydrogen) atoms. The number of nitrogens with one attached hydrogen (secondary N) is 2. The van der Waals surface area contributed by atoms with Crippen molar-refractivity contribution < 1.29 is 27.6 Å². The van der Waals surface area contributed by atoms with Crippen LogP contribution < -0.4 is 10.6 Å². The summed E-state index contributed by atoms with van der Waals surface area (Å²) in [5, 5.41) is 5.72. The first-order valence-corrected chi connectivity index (χ1v) is 14.3. The van der Waals surface area contributed by atoms with Crippen molar-refractivity contribution in [2.45, 2.75) is 12.6 Å². The number of anilines is 3. The molecule has 2 N–H and O–H groups in total. The predicted molar refractivity (Wildman–Crippen MR) is 164 cm³/mol. The van der Waals surface area contributed by atoms with Gasteiger partial charge < -0.3 is 20.4 Å². The van der Waals surface area contributed by atoms with Gasteiger partial charge in [-0.05, 0) is 73.3 Å². The number of nitrogens with zero attached hydrogens (tertiary/aromatic N) is 4. The van der Waals surface area contributed by atoms with Gasteiger partial charge in [0.15, 0.2) is 5.78 Å². The van der Waals surface area contributed by atoms with Crippen molar-refractivity contribution in [1.82, 2.24) is 19.8 Å². The smallest absolute Gasteiger partial charge is 0.336 e. The molecule has 0 unspecified atom stereocenters. The largest absolute Gasteiger partial charge is 0.416 e. The number of carbonyl (C=O) groups is 3. The van der Waals surface area contributed by atoms with Gasteiger partial charge in [0.05, 0.1) is 10.6 Å². The molecule has 0 atom stereocenters. The molecule has 2 heterocycles. The molecule has 0 saturated carbocycles. The van der Waals surface area contributed by atoms with Crippen LogP contribution in [0.2, 0.25) is 5.02 Å². The first-order valence-electron chi connectivity index (χ1n) is 13.9. The average molecular weight is 637 g/mol. The van der Waals surface area contributed by atoms with Crippen LogP contribution in [0, 0.1) is 0 Å². The van der Waals surface area contributed by atoms with Crippen molar-refractivity contribution in [1.29, 1.82) is 0 Å². The molecule has 1 saturated heterocycles. The monoisotopic (exact) mass is 636 g/mol. The number of halogens is 4. The molecule has 0 bridgehead atoms. The second-order valence-electron chi connectivity index (χ2n) is 10.5. The molecule has 0 spiro atoms. The van der Waals surface area contributed by atoms with Gasteiger partial charge in [0.25, 0.3) is 11.8 Å². The average Bonchev–Trinajstić information content (AvgIpc) is 3.03. The number of Topliss-reactive ketones (excluding diaryl/α,β-unsaturated/α-hetero) is 1. The summed E-state index contributed by atoms with van der Waals surface area (Å²) in [5.41, 5.74) is 0.963. The van der Waals surface area contributed by atoms with Crippen molar-refractivity contribution in [3.8, 4) is 0 Å². The SMILES string of the molecule is CN1CCN(C(=O)c2ccc(Nc3ncc(CC(=O)c4cc(NC(=O)c5cccc(C(F)(F)F)c5)ccc4Cl)cn3)cc2)CC1. The highest BCUT2D eigenvalue weighted by molar-refractivity contribution is 6.34. The molecule has 13 heteroatoms. The summed E-state index contributed by atoms with van der Waals surface area (Å²) < 4.78 is 39.1. The van der Waals surface area contributed by atoms with Crippen molar-refractivity contribution in [3.63, 3.8) is 0 Å². The predicted octanol–water partition coefficient (Wildman–Crippen LogP) is 5.96. The van der Waals surface area contributed by atoms with Crippen molar-refractivity contribution in [3.05, 3.63) is 112 Å². The van der Waals surface area contributed by atoms with E-state index in [0.717, 1.165) is 31.3 Å². The lowest BCUT2D eigenvalue weighted by atomic mass is 10.0. The van der Waals surface area contributed by atoms with E-state index in [1.54, 1.807) is 24.3 Å². The fourth-order valence-corrected chi connectivity index (χ4v) is 4.89. The van der Waals surface area contributed by atoms with Crippen LogP contribution in [-0.4, -0.2) is 70.6 Å². The first kappa shape index (κ1) is 31.6. The third kappa shape index (κ3) is 8.02. The summed E-state index contributed by atoms with van der Waals surface area (Å²) in [7, 11) is 2.03. The molecular formula is C32H28ClF3N6O3. The second-order valence-corrected chi connectivity index (χ2v) is 10.9. The summed E-state index contributed by atoms with van der Waals surface area (Å²) in [6.45, 7) is 3.06. The molecular weight excluding hydrogens is 609 g/mol. The standard InChI is InChI=1S/C32H28ClF3N6O3/c1-41-11-13-42(14-12-41)30(45)21-5-7-24(8-6-21)40-31-37-18-20(19-38-31)15-28(43)26-17-25(9-10-27(26)33)39-29(44)22-3-2-4-23(16-22)32(34,35)36/h2-10,16-19H,11-15H2,1H3,(H,39,44)(H,37,38,40). The van der Waals surface area contributed by atoms with Crippen LogP contribution >= 0.6 is 11.6 Å². The number of carbonyl (C=O) groups excluding carboxylic acids is 3. The van der Waals surface area contributed by atoms with E-state index >= 15 is 0 Å². The van der Waals surface area contributed by atoms with E-state index in [9.17, 15) is 27.6 Å². The molecule has 1 aliphatic heterocycles. The minimum Gasteiger partial charge on any atom is -0.336 e. The van der Waals surface area contributed by atoms with E-state index in [1.165, 1.54) is 36.7 Å². The number of rotatable bonds is 8. The van der Waals surface area contributed by atoms with Gasteiger partial charge in [-0.25, -0.2) is 9.97 Å². The number of hydrogen-bond acceptors (Lipinski definition) is 7. The Kier molecular flexibility index (Phi) is 9.45. The molecule has 232 valence electrons. The van der Waals surface area contributed by atoms with E-state index in [1.807, 2.05) is 11.9 Å².